The van der Waals surface area contributed by atoms with Gasteiger partial charge in [0, 0.05) is 43.7 Å². The van der Waals surface area contributed by atoms with Crippen LogP contribution in [0, 0.1) is 0 Å². The third-order valence-corrected chi connectivity index (χ3v) is 3.92. The molecule has 0 spiro atoms. The van der Waals surface area contributed by atoms with Gasteiger partial charge in [-0.15, -0.1) is 0 Å². The van der Waals surface area contributed by atoms with Gasteiger partial charge in [0.1, 0.15) is 0 Å². The number of allylic oxidation sites excluding steroid dienone is 1. The molecule has 6 heteroatoms. The van der Waals surface area contributed by atoms with Crippen LogP contribution in [0.5, 0.6) is 0 Å². The normalized spacial score (nSPS) is 14.4. The highest BCUT2D eigenvalue weighted by Gasteiger charge is 2.15. The lowest BCUT2D eigenvalue weighted by Crippen LogP contribution is -2.10. The number of nitrogens with two attached hydrogens (primary N) is 1. The average molecular weight is 335 g/mol. The second-order valence-electron chi connectivity index (χ2n) is 5.67. The Balaban J connectivity index is 1.91. The molecule has 0 saturated heterocycles. The van der Waals surface area contributed by atoms with Crippen LogP contribution < -0.4 is 21.7 Å². The van der Waals surface area contributed by atoms with Crippen LogP contribution in [0.2, 0.25) is 0 Å². The van der Waals surface area contributed by atoms with Crippen LogP contribution in [0.4, 0.5) is 22.7 Å². The number of carbonyl (C=O) groups excluding carboxylic acids is 1. The zero-order valence-electron chi connectivity index (χ0n) is 14.0. The number of fused-ring (bicyclic) bond motifs is 1. The van der Waals surface area contributed by atoms with E-state index in [1.54, 1.807) is 13.3 Å². The summed E-state index contributed by atoms with van der Waals surface area (Å²) in [6, 6.07) is 13.7. The SMILES string of the molecule is CN=CC(=CN)c1cccc(Nc2cccc3c2NCCC(=O)N3)c1. The lowest BCUT2D eigenvalue weighted by molar-refractivity contribution is -0.115. The summed E-state index contributed by atoms with van der Waals surface area (Å²) in [4.78, 5) is 15.8. The molecule has 128 valence electrons. The maximum Gasteiger partial charge on any atom is 0.226 e. The minimum Gasteiger partial charge on any atom is -0.404 e. The van der Waals surface area contributed by atoms with E-state index < -0.39 is 0 Å². The molecule has 0 aliphatic carbocycles. The topological polar surface area (TPSA) is 91.5 Å². The summed E-state index contributed by atoms with van der Waals surface area (Å²) in [6.45, 7) is 0.602. The minimum absolute atomic E-state index is 0.0157. The lowest BCUT2D eigenvalue weighted by atomic mass is 10.1. The number of rotatable bonds is 4. The van der Waals surface area contributed by atoms with Crippen molar-refractivity contribution in [1.82, 2.24) is 0 Å². The number of nitrogens with one attached hydrogen (secondary N) is 3. The van der Waals surface area contributed by atoms with Crippen molar-refractivity contribution >= 4 is 40.4 Å². The van der Waals surface area contributed by atoms with Crippen molar-refractivity contribution in [3.8, 4) is 0 Å². The molecule has 3 rings (SSSR count). The molecule has 0 radical (unpaired) electrons. The van der Waals surface area contributed by atoms with Gasteiger partial charge in [-0.25, -0.2) is 0 Å². The Bertz CT molecular complexity index is 841. The third kappa shape index (κ3) is 3.80. The van der Waals surface area contributed by atoms with E-state index in [4.69, 9.17) is 5.73 Å². The first-order valence-electron chi connectivity index (χ1n) is 8.09. The predicted octanol–water partition coefficient (Wildman–Crippen LogP) is 3.18. The minimum atomic E-state index is 0.0157. The Morgan fingerprint density at radius 1 is 1.28 bits per heavy atom. The van der Waals surface area contributed by atoms with E-state index in [2.05, 4.69) is 20.9 Å². The summed E-state index contributed by atoms with van der Waals surface area (Å²) in [7, 11) is 1.71. The van der Waals surface area contributed by atoms with Crippen LogP contribution >= 0.6 is 0 Å². The number of para-hydroxylation sites is 1. The first kappa shape index (κ1) is 16.6. The largest absolute Gasteiger partial charge is 0.404 e. The quantitative estimate of drug-likeness (QED) is 0.646. The zero-order valence-corrected chi connectivity index (χ0v) is 14.0. The number of hydrogen-bond donors (Lipinski definition) is 4. The molecule has 0 bridgehead atoms. The molecule has 1 aliphatic rings. The third-order valence-electron chi connectivity index (χ3n) is 3.92. The van der Waals surface area contributed by atoms with Gasteiger partial charge < -0.3 is 21.7 Å². The summed E-state index contributed by atoms with van der Waals surface area (Å²) < 4.78 is 0. The number of carbonyl (C=O) groups is 1. The van der Waals surface area contributed by atoms with Gasteiger partial charge in [-0.3, -0.25) is 9.79 Å². The summed E-state index contributed by atoms with van der Waals surface area (Å²) in [5, 5.41) is 9.64. The smallest absolute Gasteiger partial charge is 0.226 e. The van der Waals surface area contributed by atoms with Crippen LogP contribution in [-0.4, -0.2) is 25.7 Å². The van der Waals surface area contributed by atoms with Crippen LogP contribution in [0.3, 0.4) is 0 Å². The van der Waals surface area contributed by atoms with Gasteiger partial charge in [0.25, 0.3) is 0 Å². The zero-order chi connectivity index (χ0) is 17.6. The van der Waals surface area contributed by atoms with Crippen molar-refractivity contribution in [3.63, 3.8) is 0 Å². The number of aliphatic imine (C=N–C) groups is 1. The second-order valence-corrected chi connectivity index (χ2v) is 5.67. The molecule has 0 fully saturated rings. The highest BCUT2D eigenvalue weighted by Crippen LogP contribution is 2.34. The summed E-state index contributed by atoms with van der Waals surface area (Å²) in [5.74, 6) is 0.0157. The monoisotopic (exact) mass is 335 g/mol. The standard InChI is InChI=1S/C19H21N5O/c1-21-12-14(11-20)13-4-2-5-15(10-13)23-16-6-3-7-17-19(16)22-9-8-18(25)24-17/h2-7,10-12,22-23H,8-9,20H2,1H3,(H,24,25). The molecule has 0 aromatic heterocycles. The fourth-order valence-electron chi connectivity index (χ4n) is 2.75. The van der Waals surface area contributed by atoms with E-state index in [9.17, 15) is 4.79 Å². The Kier molecular flexibility index (Phi) is 4.99. The fraction of sp³-hybridized carbons (Fsp3) is 0.158. The highest BCUT2D eigenvalue weighted by atomic mass is 16.1. The molecule has 1 amide bonds. The van der Waals surface area contributed by atoms with Crippen LogP contribution in [0.25, 0.3) is 5.57 Å². The number of anilines is 4. The number of hydrogen-bond acceptors (Lipinski definition) is 5. The molecule has 1 heterocycles. The Morgan fingerprint density at radius 2 is 2.12 bits per heavy atom. The Hall–Kier alpha value is -3.28. The predicted molar refractivity (Wildman–Crippen MR) is 104 cm³/mol. The van der Waals surface area contributed by atoms with Crippen LogP contribution in [0.15, 0.2) is 53.7 Å². The maximum absolute atomic E-state index is 11.7. The molecular formula is C19H21N5O. The maximum atomic E-state index is 11.7. The van der Waals surface area contributed by atoms with Crippen LogP contribution in [-0.2, 0) is 4.79 Å². The summed E-state index contributed by atoms with van der Waals surface area (Å²) in [5.41, 5.74) is 11.0. The van der Waals surface area contributed by atoms with Crippen molar-refractivity contribution in [2.24, 2.45) is 10.7 Å². The van der Waals surface area contributed by atoms with Crippen molar-refractivity contribution in [3.05, 3.63) is 54.2 Å². The van der Waals surface area contributed by atoms with Crippen molar-refractivity contribution < 1.29 is 4.79 Å². The molecular weight excluding hydrogens is 314 g/mol. The molecule has 6 nitrogen and oxygen atoms in total. The summed E-state index contributed by atoms with van der Waals surface area (Å²) in [6.07, 6.45) is 3.72. The van der Waals surface area contributed by atoms with Gasteiger partial charge in [0.2, 0.25) is 5.91 Å². The highest BCUT2D eigenvalue weighted by molar-refractivity contribution is 6.09. The van der Waals surface area contributed by atoms with Gasteiger partial charge in [-0.05, 0) is 29.8 Å². The Labute approximate surface area is 146 Å². The first-order valence-corrected chi connectivity index (χ1v) is 8.09. The van der Waals surface area contributed by atoms with Crippen LogP contribution in [0.1, 0.15) is 12.0 Å². The van der Waals surface area contributed by atoms with Gasteiger partial charge in [-0.1, -0.05) is 18.2 Å². The average Bonchev–Trinajstić information content (AvgIpc) is 2.81. The van der Waals surface area contributed by atoms with Gasteiger partial charge in [0.15, 0.2) is 0 Å². The van der Waals surface area contributed by atoms with Gasteiger partial charge >= 0.3 is 0 Å². The molecule has 25 heavy (non-hydrogen) atoms. The summed E-state index contributed by atoms with van der Waals surface area (Å²) >= 11 is 0. The van der Waals surface area contributed by atoms with Crippen molar-refractivity contribution in [2.45, 2.75) is 6.42 Å². The molecule has 0 saturated carbocycles. The molecule has 2 aromatic rings. The molecule has 2 aromatic carbocycles. The number of benzene rings is 2. The molecule has 5 N–H and O–H groups in total. The van der Waals surface area contributed by atoms with Gasteiger partial charge in [-0.2, -0.15) is 0 Å². The van der Waals surface area contributed by atoms with E-state index in [1.807, 2.05) is 42.5 Å². The second kappa shape index (κ2) is 7.53. The van der Waals surface area contributed by atoms with E-state index in [1.165, 1.54) is 6.20 Å². The number of amides is 1. The van der Waals surface area contributed by atoms with E-state index in [0.29, 0.717) is 13.0 Å². The molecule has 0 unspecified atom stereocenters. The van der Waals surface area contributed by atoms with E-state index in [0.717, 1.165) is 33.9 Å². The first-order chi connectivity index (χ1) is 12.2. The van der Waals surface area contributed by atoms with E-state index in [-0.39, 0.29) is 5.91 Å². The molecule has 0 atom stereocenters. The fourth-order valence-corrected chi connectivity index (χ4v) is 2.75. The Morgan fingerprint density at radius 3 is 2.92 bits per heavy atom. The van der Waals surface area contributed by atoms with Crippen molar-refractivity contribution in [2.75, 3.05) is 29.5 Å². The number of nitrogens with zero attached hydrogens (tertiary/aromatic N) is 1. The van der Waals surface area contributed by atoms with Gasteiger partial charge in [0.05, 0.1) is 17.1 Å². The van der Waals surface area contributed by atoms with Crippen molar-refractivity contribution in [1.29, 1.82) is 0 Å². The lowest BCUT2D eigenvalue weighted by Gasteiger charge is -2.16. The van der Waals surface area contributed by atoms with E-state index >= 15 is 0 Å². The molecule has 1 aliphatic heterocycles.